The molecule has 0 saturated carbocycles. The minimum atomic E-state index is -3.75. The Morgan fingerprint density at radius 2 is 1.92 bits per heavy atom. The van der Waals surface area contributed by atoms with Crippen molar-refractivity contribution in [3.8, 4) is 5.75 Å². The van der Waals surface area contributed by atoms with E-state index in [1.807, 2.05) is 18.2 Å². The van der Waals surface area contributed by atoms with E-state index in [1.54, 1.807) is 37.6 Å². The van der Waals surface area contributed by atoms with Crippen LogP contribution in [0.3, 0.4) is 0 Å². The molecule has 3 rings (SSSR count). The summed E-state index contributed by atoms with van der Waals surface area (Å²) in [5.41, 5.74) is 1.19. The number of methoxy groups -OCH3 is 1. The van der Waals surface area contributed by atoms with E-state index < -0.39 is 10.0 Å². The summed E-state index contributed by atoms with van der Waals surface area (Å²) in [5, 5.41) is 15.0. The molecule has 0 saturated heterocycles. The van der Waals surface area contributed by atoms with Gasteiger partial charge in [-0.15, -0.1) is 4.40 Å². The summed E-state index contributed by atoms with van der Waals surface area (Å²) in [5.74, 6) is 0.826. The number of sulfonamides is 1. The van der Waals surface area contributed by atoms with Crippen LogP contribution in [0.4, 0.5) is 0 Å². The predicted octanol–water partition coefficient (Wildman–Crippen LogP) is 1.47. The lowest BCUT2D eigenvalue weighted by Gasteiger charge is -2.17. The molecule has 0 spiro atoms. The maximum atomic E-state index is 12.2. The van der Waals surface area contributed by atoms with Crippen molar-refractivity contribution in [1.29, 1.82) is 0 Å². The Labute approximate surface area is 145 Å². The fraction of sp³-hybridized carbons (Fsp3) is 0.176. The van der Waals surface area contributed by atoms with Crippen LogP contribution in [-0.2, 0) is 10.0 Å². The SMILES string of the molecule is COc1ccccc1/C=N/N(CCO)C1=NS(=O)(=O)c2ccccc21. The van der Waals surface area contributed by atoms with Gasteiger partial charge in [0.1, 0.15) is 10.6 Å². The van der Waals surface area contributed by atoms with E-state index in [9.17, 15) is 13.5 Å². The Hall–Kier alpha value is -2.71. The number of benzene rings is 2. The van der Waals surface area contributed by atoms with Gasteiger partial charge in [-0.05, 0) is 24.3 Å². The van der Waals surface area contributed by atoms with Gasteiger partial charge in [0.15, 0.2) is 5.84 Å². The summed E-state index contributed by atoms with van der Waals surface area (Å²) in [6.07, 6.45) is 1.55. The number of nitrogens with zero attached hydrogens (tertiary/aromatic N) is 3. The number of amidine groups is 1. The highest BCUT2D eigenvalue weighted by Gasteiger charge is 2.31. The summed E-state index contributed by atoms with van der Waals surface area (Å²) in [6.45, 7) is -0.0984. The van der Waals surface area contributed by atoms with Crippen molar-refractivity contribution in [1.82, 2.24) is 5.01 Å². The Morgan fingerprint density at radius 1 is 1.20 bits per heavy atom. The zero-order chi connectivity index (χ0) is 17.9. The van der Waals surface area contributed by atoms with E-state index in [2.05, 4.69) is 9.50 Å². The molecular weight excluding hydrogens is 342 g/mol. The van der Waals surface area contributed by atoms with Crippen molar-refractivity contribution < 1.29 is 18.3 Å². The molecule has 8 heteroatoms. The fourth-order valence-electron chi connectivity index (χ4n) is 2.49. The average Bonchev–Trinajstić information content (AvgIpc) is 2.90. The first-order valence-corrected chi connectivity index (χ1v) is 9.00. The molecule has 25 heavy (non-hydrogen) atoms. The number of aliphatic hydroxyl groups excluding tert-OH is 1. The molecule has 7 nitrogen and oxygen atoms in total. The normalized spacial score (nSPS) is 15.0. The molecule has 0 fully saturated rings. The van der Waals surface area contributed by atoms with Crippen LogP contribution < -0.4 is 4.74 Å². The van der Waals surface area contributed by atoms with Gasteiger partial charge in [0.25, 0.3) is 10.0 Å². The molecule has 0 amide bonds. The summed E-state index contributed by atoms with van der Waals surface area (Å²) in [6, 6.07) is 13.8. The van der Waals surface area contributed by atoms with Gasteiger partial charge in [0.05, 0.1) is 26.5 Å². The van der Waals surface area contributed by atoms with Crippen LogP contribution in [0.1, 0.15) is 11.1 Å². The lowest BCUT2D eigenvalue weighted by Crippen LogP contribution is -2.28. The molecule has 0 radical (unpaired) electrons. The quantitative estimate of drug-likeness (QED) is 0.645. The number of rotatable bonds is 5. The van der Waals surface area contributed by atoms with Crippen LogP contribution in [0.25, 0.3) is 0 Å². The number of para-hydroxylation sites is 1. The highest BCUT2D eigenvalue weighted by Crippen LogP contribution is 2.27. The zero-order valence-corrected chi connectivity index (χ0v) is 14.3. The molecule has 0 bridgehead atoms. The smallest absolute Gasteiger partial charge is 0.285 e. The van der Waals surface area contributed by atoms with Gasteiger partial charge in [0.2, 0.25) is 0 Å². The Balaban J connectivity index is 1.99. The molecule has 1 aliphatic heterocycles. The van der Waals surface area contributed by atoms with E-state index in [-0.39, 0.29) is 23.9 Å². The van der Waals surface area contributed by atoms with Gasteiger partial charge in [-0.3, -0.25) is 0 Å². The molecule has 1 aliphatic rings. The van der Waals surface area contributed by atoms with Crippen LogP contribution in [0.15, 0.2) is 62.9 Å². The van der Waals surface area contributed by atoms with E-state index in [1.165, 1.54) is 11.1 Å². The Bertz CT molecular complexity index is 938. The van der Waals surface area contributed by atoms with Crippen LogP contribution in [0.2, 0.25) is 0 Å². The molecule has 1 heterocycles. The second-order valence-electron chi connectivity index (χ2n) is 5.22. The van der Waals surface area contributed by atoms with Crippen molar-refractivity contribution in [2.45, 2.75) is 4.90 Å². The number of ether oxygens (including phenoxy) is 1. The lowest BCUT2D eigenvalue weighted by molar-refractivity contribution is 0.254. The van der Waals surface area contributed by atoms with Crippen LogP contribution in [0, 0.1) is 0 Å². The predicted molar refractivity (Wildman–Crippen MR) is 94.5 cm³/mol. The summed E-state index contributed by atoms with van der Waals surface area (Å²) in [7, 11) is -2.19. The number of hydrogen-bond donors (Lipinski definition) is 1. The highest BCUT2D eigenvalue weighted by atomic mass is 32.2. The molecule has 130 valence electrons. The minimum absolute atomic E-state index is 0.105. The molecule has 1 N–H and O–H groups in total. The number of aliphatic hydroxyl groups is 1. The maximum Gasteiger partial charge on any atom is 0.285 e. The third-order valence-corrected chi connectivity index (χ3v) is 4.97. The van der Waals surface area contributed by atoms with Crippen molar-refractivity contribution in [2.75, 3.05) is 20.3 Å². The van der Waals surface area contributed by atoms with Crippen LogP contribution in [-0.4, -0.2) is 50.8 Å². The van der Waals surface area contributed by atoms with Crippen molar-refractivity contribution in [3.63, 3.8) is 0 Å². The van der Waals surface area contributed by atoms with Gasteiger partial charge in [-0.1, -0.05) is 24.3 Å². The molecular formula is C17H17N3O4S. The van der Waals surface area contributed by atoms with E-state index in [4.69, 9.17) is 4.74 Å². The lowest BCUT2D eigenvalue weighted by atomic mass is 10.2. The van der Waals surface area contributed by atoms with E-state index in [0.717, 1.165) is 5.56 Å². The van der Waals surface area contributed by atoms with Crippen molar-refractivity contribution >= 4 is 22.1 Å². The van der Waals surface area contributed by atoms with Gasteiger partial charge < -0.3 is 9.84 Å². The second kappa shape index (κ2) is 7.04. The largest absolute Gasteiger partial charge is 0.496 e. The van der Waals surface area contributed by atoms with E-state index >= 15 is 0 Å². The molecule has 0 unspecified atom stereocenters. The maximum absolute atomic E-state index is 12.2. The highest BCUT2D eigenvalue weighted by molar-refractivity contribution is 7.90. The van der Waals surface area contributed by atoms with Gasteiger partial charge in [-0.25, -0.2) is 5.01 Å². The first-order valence-electron chi connectivity index (χ1n) is 7.56. The van der Waals surface area contributed by atoms with Gasteiger partial charge >= 0.3 is 0 Å². The monoisotopic (exact) mass is 359 g/mol. The zero-order valence-electron chi connectivity index (χ0n) is 13.5. The Kier molecular flexibility index (Phi) is 4.82. The van der Waals surface area contributed by atoms with Gasteiger partial charge in [0, 0.05) is 11.1 Å². The summed E-state index contributed by atoms with van der Waals surface area (Å²) < 4.78 is 33.5. The topological polar surface area (TPSA) is 91.6 Å². The third-order valence-electron chi connectivity index (χ3n) is 3.64. The molecule has 0 aliphatic carbocycles. The second-order valence-corrected chi connectivity index (χ2v) is 6.79. The first kappa shape index (κ1) is 17.1. The number of hydrazone groups is 1. The molecule has 0 atom stereocenters. The number of fused-ring (bicyclic) bond motifs is 1. The standard InChI is InChI=1S/C17H17N3O4S/c1-24-15-8-4-2-6-13(15)12-18-20(10-11-21)17-14-7-3-5-9-16(14)25(22,23)19-17/h2-9,12,21H,10-11H2,1H3/b18-12+. The van der Waals surface area contributed by atoms with Crippen LogP contribution >= 0.6 is 0 Å². The summed E-state index contributed by atoms with van der Waals surface area (Å²) in [4.78, 5) is 0.139. The van der Waals surface area contributed by atoms with Crippen LogP contribution in [0.5, 0.6) is 5.75 Å². The minimum Gasteiger partial charge on any atom is -0.496 e. The summed E-state index contributed by atoms with van der Waals surface area (Å²) >= 11 is 0. The Morgan fingerprint density at radius 3 is 2.68 bits per heavy atom. The molecule has 2 aromatic rings. The fourth-order valence-corrected chi connectivity index (χ4v) is 3.70. The first-order chi connectivity index (χ1) is 12.1. The third kappa shape index (κ3) is 3.40. The number of hydrogen-bond acceptors (Lipinski definition) is 6. The van der Waals surface area contributed by atoms with Gasteiger partial charge in [-0.2, -0.15) is 13.5 Å². The van der Waals surface area contributed by atoms with E-state index in [0.29, 0.717) is 11.3 Å². The average molecular weight is 359 g/mol. The van der Waals surface area contributed by atoms with Crippen molar-refractivity contribution in [2.24, 2.45) is 9.50 Å². The van der Waals surface area contributed by atoms with Crippen molar-refractivity contribution in [3.05, 3.63) is 59.7 Å². The molecule has 2 aromatic carbocycles. The molecule has 0 aromatic heterocycles.